The Labute approximate surface area is 185 Å². The molecule has 1 fully saturated rings. The molecule has 8 nitrogen and oxygen atoms in total. The fraction of sp³-hybridized carbons (Fsp3) is 0.455. The highest BCUT2D eigenvalue weighted by atomic mass is 19.1. The molecule has 2 aromatic heterocycles. The first kappa shape index (κ1) is 23.4. The van der Waals surface area contributed by atoms with Gasteiger partial charge >= 0.3 is 0 Å². The van der Waals surface area contributed by atoms with Gasteiger partial charge in [0.1, 0.15) is 17.2 Å². The fourth-order valence-corrected chi connectivity index (χ4v) is 3.70. The van der Waals surface area contributed by atoms with Gasteiger partial charge in [0.2, 0.25) is 17.8 Å². The summed E-state index contributed by atoms with van der Waals surface area (Å²) in [6.45, 7) is 5.35. The van der Waals surface area contributed by atoms with Crippen molar-refractivity contribution < 1.29 is 13.6 Å². The Morgan fingerprint density at radius 3 is 2.50 bits per heavy atom. The van der Waals surface area contributed by atoms with Crippen LogP contribution < -0.4 is 16.4 Å². The third-order valence-electron chi connectivity index (χ3n) is 4.97. The largest absolute Gasteiger partial charge is 0.370 e. The number of fused-ring (bicyclic) bond motifs is 1. The highest BCUT2D eigenvalue weighted by Crippen LogP contribution is 2.35. The van der Waals surface area contributed by atoms with Crippen molar-refractivity contribution in [2.75, 3.05) is 10.6 Å². The van der Waals surface area contributed by atoms with Crippen molar-refractivity contribution in [2.24, 2.45) is 5.73 Å². The summed E-state index contributed by atoms with van der Waals surface area (Å²) in [6.07, 6.45) is 7.20. The van der Waals surface area contributed by atoms with Crippen LogP contribution in [0.2, 0.25) is 0 Å². The van der Waals surface area contributed by atoms with Crippen molar-refractivity contribution in [3.05, 3.63) is 36.0 Å². The molecule has 10 heteroatoms. The Kier molecular flexibility index (Phi) is 7.55. The normalized spacial score (nSPS) is 14.2. The van der Waals surface area contributed by atoms with Gasteiger partial charge in [0.15, 0.2) is 5.65 Å². The molecular weight excluding hydrogens is 416 g/mol. The third kappa shape index (κ3) is 5.89. The number of nitrogens with two attached hydrogens (primary N) is 1. The molecule has 32 heavy (non-hydrogen) atoms. The zero-order valence-electron chi connectivity index (χ0n) is 18.5. The number of rotatable bonds is 5. The number of halogens is 2. The number of nitrogens with one attached hydrogen (secondary N) is 2. The second-order valence-electron chi connectivity index (χ2n) is 8.16. The van der Waals surface area contributed by atoms with Crippen LogP contribution in [-0.2, 0) is 4.79 Å². The van der Waals surface area contributed by atoms with Gasteiger partial charge < -0.3 is 16.4 Å². The monoisotopic (exact) mass is 445 g/mol. The Balaban J connectivity index is 0.000000668. The summed E-state index contributed by atoms with van der Waals surface area (Å²) in [5, 5.41) is 6.25. The van der Waals surface area contributed by atoms with E-state index in [1.165, 1.54) is 25.5 Å². The van der Waals surface area contributed by atoms with Crippen molar-refractivity contribution in [1.29, 1.82) is 0 Å². The maximum Gasteiger partial charge on any atom is 0.224 e. The van der Waals surface area contributed by atoms with Crippen molar-refractivity contribution in [2.45, 2.75) is 65.0 Å². The summed E-state index contributed by atoms with van der Waals surface area (Å²) in [6, 6.07) is 3.90. The van der Waals surface area contributed by atoms with Crippen molar-refractivity contribution in [3.63, 3.8) is 0 Å². The average molecular weight is 446 g/mol. The number of amides is 1. The highest BCUT2D eigenvalue weighted by molar-refractivity contribution is 5.76. The van der Waals surface area contributed by atoms with Gasteiger partial charge in [-0.15, -0.1) is 0 Å². The predicted octanol–water partition coefficient (Wildman–Crippen LogP) is 4.67. The van der Waals surface area contributed by atoms with Gasteiger partial charge in [0.05, 0.1) is 11.9 Å². The van der Waals surface area contributed by atoms with E-state index in [0.29, 0.717) is 17.4 Å². The first-order valence-corrected chi connectivity index (χ1v) is 10.7. The first-order valence-electron chi connectivity index (χ1n) is 10.7. The van der Waals surface area contributed by atoms with Gasteiger partial charge in [-0.3, -0.25) is 9.36 Å². The molecule has 172 valence electrons. The van der Waals surface area contributed by atoms with E-state index in [2.05, 4.69) is 31.3 Å². The molecule has 2 heterocycles. The second kappa shape index (κ2) is 10.3. The molecule has 3 aromatic rings. The molecule has 0 bridgehead atoms. The third-order valence-corrected chi connectivity index (χ3v) is 4.97. The van der Waals surface area contributed by atoms with E-state index in [1.54, 1.807) is 6.20 Å². The van der Waals surface area contributed by atoms with Crippen LogP contribution in [0, 0.1) is 11.6 Å². The standard InChI is InChI=1S/C20H24F2N6.C2H5NO/c1-12(2)24-19-23-11-17-18(27-19)28(14-6-4-3-5-7-14)20(26-17)25-16-9-8-13(21)10-15(16)22;1-2(3)4/h8-12,14H,3-7H2,1-2H3,(H,25,26)(H,23,24,27);1H3,(H2,3,4). The highest BCUT2D eigenvalue weighted by Gasteiger charge is 2.23. The number of primary amides is 1. The molecule has 0 atom stereocenters. The van der Waals surface area contributed by atoms with Gasteiger partial charge in [0.25, 0.3) is 0 Å². The number of hydrogen-bond acceptors (Lipinski definition) is 6. The molecule has 4 N–H and O–H groups in total. The Bertz CT molecular complexity index is 1070. The number of imidazole rings is 1. The molecule has 0 unspecified atom stereocenters. The first-order chi connectivity index (χ1) is 15.2. The maximum absolute atomic E-state index is 14.2. The lowest BCUT2D eigenvalue weighted by Gasteiger charge is -2.25. The van der Waals surface area contributed by atoms with Gasteiger partial charge in [-0.1, -0.05) is 19.3 Å². The number of aromatic nitrogens is 4. The molecule has 0 spiro atoms. The minimum atomic E-state index is -0.657. The van der Waals surface area contributed by atoms with E-state index in [1.807, 2.05) is 18.4 Å². The quantitative estimate of drug-likeness (QED) is 0.527. The topological polar surface area (TPSA) is 111 Å². The number of carbonyl (C=O) groups excluding carboxylic acids is 1. The molecule has 1 aliphatic rings. The molecule has 4 rings (SSSR count). The van der Waals surface area contributed by atoms with E-state index >= 15 is 0 Å². The Morgan fingerprint density at radius 1 is 1.19 bits per heavy atom. The minimum Gasteiger partial charge on any atom is -0.370 e. The summed E-state index contributed by atoms with van der Waals surface area (Å²) in [5.41, 5.74) is 6.02. The minimum absolute atomic E-state index is 0.183. The fourth-order valence-electron chi connectivity index (χ4n) is 3.70. The number of anilines is 3. The average Bonchev–Trinajstić information content (AvgIpc) is 3.07. The van der Waals surface area contributed by atoms with Gasteiger partial charge in [-0.2, -0.15) is 4.98 Å². The number of benzene rings is 1. The van der Waals surface area contributed by atoms with Crippen LogP contribution in [0.3, 0.4) is 0 Å². The van der Waals surface area contributed by atoms with E-state index in [9.17, 15) is 13.6 Å². The van der Waals surface area contributed by atoms with E-state index < -0.39 is 11.6 Å². The lowest BCUT2D eigenvalue weighted by Crippen LogP contribution is -2.17. The van der Waals surface area contributed by atoms with Crippen LogP contribution in [0.15, 0.2) is 24.4 Å². The van der Waals surface area contributed by atoms with Crippen LogP contribution in [0.5, 0.6) is 0 Å². The van der Waals surface area contributed by atoms with Crippen LogP contribution in [0.1, 0.15) is 58.9 Å². The molecule has 0 aliphatic heterocycles. The van der Waals surface area contributed by atoms with Gasteiger partial charge in [-0.05, 0) is 38.8 Å². The zero-order chi connectivity index (χ0) is 23.3. The number of carbonyl (C=O) groups is 1. The molecule has 1 amide bonds. The van der Waals surface area contributed by atoms with E-state index in [4.69, 9.17) is 0 Å². The predicted molar refractivity (Wildman–Crippen MR) is 121 cm³/mol. The Hall–Kier alpha value is -3.30. The summed E-state index contributed by atoms with van der Waals surface area (Å²) < 4.78 is 29.5. The van der Waals surface area contributed by atoms with Gasteiger partial charge in [0, 0.05) is 25.1 Å². The second-order valence-corrected chi connectivity index (χ2v) is 8.16. The molecule has 1 saturated carbocycles. The lowest BCUT2D eigenvalue weighted by molar-refractivity contribution is -0.115. The molecular formula is C22H29F2N7O. The summed E-state index contributed by atoms with van der Waals surface area (Å²) in [4.78, 5) is 22.8. The zero-order valence-corrected chi connectivity index (χ0v) is 18.5. The van der Waals surface area contributed by atoms with Crippen LogP contribution in [0.4, 0.5) is 26.4 Å². The van der Waals surface area contributed by atoms with Crippen LogP contribution >= 0.6 is 0 Å². The van der Waals surface area contributed by atoms with Crippen molar-refractivity contribution in [1.82, 2.24) is 19.5 Å². The van der Waals surface area contributed by atoms with Crippen LogP contribution in [0.25, 0.3) is 11.2 Å². The smallest absolute Gasteiger partial charge is 0.224 e. The maximum atomic E-state index is 14.2. The summed E-state index contributed by atoms with van der Waals surface area (Å²) >= 11 is 0. The van der Waals surface area contributed by atoms with Crippen molar-refractivity contribution in [3.8, 4) is 0 Å². The molecule has 0 saturated heterocycles. The summed E-state index contributed by atoms with van der Waals surface area (Å²) in [7, 11) is 0. The van der Waals surface area contributed by atoms with E-state index in [0.717, 1.165) is 37.4 Å². The molecule has 1 aromatic carbocycles. The van der Waals surface area contributed by atoms with Gasteiger partial charge in [-0.25, -0.2) is 18.7 Å². The van der Waals surface area contributed by atoms with Crippen LogP contribution in [-0.4, -0.2) is 31.5 Å². The number of hydrogen-bond donors (Lipinski definition) is 3. The van der Waals surface area contributed by atoms with E-state index in [-0.39, 0.29) is 23.7 Å². The van der Waals surface area contributed by atoms with Crippen molar-refractivity contribution >= 4 is 34.7 Å². The summed E-state index contributed by atoms with van der Waals surface area (Å²) in [5.74, 6) is -0.558. The molecule has 0 radical (unpaired) electrons. The molecule has 1 aliphatic carbocycles. The SMILES string of the molecule is CC(C)Nc1ncc2nc(Nc3ccc(F)cc3F)n(C3CCCCC3)c2n1.CC(N)=O. The lowest BCUT2D eigenvalue weighted by atomic mass is 9.95. The Morgan fingerprint density at radius 2 is 1.88 bits per heavy atom. The number of nitrogens with zero attached hydrogens (tertiary/aromatic N) is 4.